The maximum Gasteiger partial charge on any atom is 0.261 e. The topological polar surface area (TPSA) is 70.8 Å². The summed E-state index contributed by atoms with van der Waals surface area (Å²) < 4.78 is 7.35. The predicted octanol–water partition coefficient (Wildman–Crippen LogP) is 1.19. The highest BCUT2D eigenvalue weighted by Gasteiger charge is 2.20. The van der Waals surface area contributed by atoms with E-state index in [9.17, 15) is 9.90 Å². The molecule has 1 saturated heterocycles. The summed E-state index contributed by atoms with van der Waals surface area (Å²) in [4.78, 5) is 21.6. The van der Waals surface area contributed by atoms with Crippen LogP contribution in [0.3, 0.4) is 0 Å². The first-order chi connectivity index (χ1) is 13.3. The van der Waals surface area contributed by atoms with Gasteiger partial charge in [0.1, 0.15) is 0 Å². The van der Waals surface area contributed by atoms with Gasteiger partial charge < -0.3 is 9.84 Å². The molecule has 1 aromatic heterocycles. The molecule has 1 atom stereocenters. The minimum Gasteiger partial charge on any atom is -0.389 e. The van der Waals surface area contributed by atoms with Gasteiger partial charge in [-0.25, -0.2) is 4.98 Å². The van der Waals surface area contributed by atoms with Crippen molar-refractivity contribution in [1.29, 1.82) is 0 Å². The van der Waals surface area contributed by atoms with Crippen LogP contribution < -0.4 is 5.56 Å². The van der Waals surface area contributed by atoms with E-state index in [4.69, 9.17) is 4.74 Å². The fourth-order valence-electron chi connectivity index (χ4n) is 3.41. The third kappa shape index (κ3) is 5.85. The van der Waals surface area contributed by atoms with E-state index in [-0.39, 0.29) is 11.2 Å². The van der Waals surface area contributed by atoms with E-state index < -0.39 is 6.10 Å². The van der Waals surface area contributed by atoms with E-state index in [1.807, 2.05) is 45.0 Å². The zero-order valence-electron chi connectivity index (χ0n) is 17.2. The third-order valence-corrected chi connectivity index (χ3v) is 5.03. The standard InChI is InChI=1S/C21H32N4O3/c1-21(2,3)28-15-17(26)14-24-10-8-23(9-11-24)12-13-25-16-22-19-7-5-4-6-18(19)20(25)27/h4-7,16-17,26H,8-15H2,1-3H3. The lowest BCUT2D eigenvalue weighted by Gasteiger charge is -2.36. The van der Waals surface area contributed by atoms with Crippen LogP contribution in [-0.4, -0.2) is 82.0 Å². The molecule has 1 aliphatic heterocycles. The van der Waals surface area contributed by atoms with Gasteiger partial charge in [0, 0.05) is 45.8 Å². The molecule has 0 aliphatic carbocycles. The highest BCUT2D eigenvalue weighted by molar-refractivity contribution is 5.76. The van der Waals surface area contributed by atoms with Gasteiger partial charge in [0.2, 0.25) is 0 Å². The zero-order valence-corrected chi connectivity index (χ0v) is 17.2. The number of nitrogens with zero attached hydrogens (tertiary/aromatic N) is 4. The minimum atomic E-state index is -0.465. The van der Waals surface area contributed by atoms with Crippen LogP contribution in [-0.2, 0) is 11.3 Å². The van der Waals surface area contributed by atoms with Crippen molar-refractivity contribution in [1.82, 2.24) is 19.4 Å². The quantitative estimate of drug-likeness (QED) is 0.768. The van der Waals surface area contributed by atoms with Crippen LogP contribution in [0.15, 0.2) is 35.4 Å². The van der Waals surface area contributed by atoms with E-state index in [0.717, 1.165) is 38.2 Å². The first-order valence-corrected chi connectivity index (χ1v) is 10.0. The summed E-state index contributed by atoms with van der Waals surface area (Å²) in [6, 6.07) is 7.45. The number of β-amino-alcohol motifs (C(OH)–C–C–N with tert-alkyl or cyclic N) is 1. The fraction of sp³-hybridized carbons (Fsp3) is 0.619. The van der Waals surface area contributed by atoms with Crippen molar-refractivity contribution in [2.24, 2.45) is 0 Å². The third-order valence-electron chi connectivity index (χ3n) is 5.03. The molecule has 154 valence electrons. The molecule has 0 saturated carbocycles. The summed E-state index contributed by atoms with van der Waals surface area (Å²) in [6.07, 6.45) is 1.18. The van der Waals surface area contributed by atoms with Gasteiger partial charge in [-0.1, -0.05) is 12.1 Å². The average molecular weight is 389 g/mol. The second-order valence-corrected chi connectivity index (χ2v) is 8.48. The first kappa shape index (κ1) is 20.9. The van der Waals surface area contributed by atoms with Gasteiger partial charge in [0.05, 0.1) is 35.5 Å². The van der Waals surface area contributed by atoms with Gasteiger partial charge in [0.25, 0.3) is 5.56 Å². The van der Waals surface area contributed by atoms with Gasteiger partial charge in [-0.3, -0.25) is 19.2 Å². The van der Waals surface area contributed by atoms with Crippen LogP contribution in [0.1, 0.15) is 20.8 Å². The molecule has 0 spiro atoms. The molecule has 1 aliphatic rings. The van der Waals surface area contributed by atoms with Crippen molar-refractivity contribution in [2.45, 2.75) is 39.0 Å². The molecule has 7 nitrogen and oxygen atoms in total. The molecule has 1 aromatic carbocycles. The number of ether oxygens (including phenoxy) is 1. The highest BCUT2D eigenvalue weighted by atomic mass is 16.5. The van der Waals surface area contributed by atoms with Crippen LogP contribution in [0.5, 0.6) is 0 Å². The fourth-order valence-corrected chi connectivity index (χ4v) is 3.41. The molecule has 0 amide bonds. The zero-order chi connectivity index (χ0) is 20.1. The summed E-state index contributed by atoms with van der Waals surface area (Å²) in [6.45, 7) is 12.1. The first-order valence-electron chi connectivity index (χ1n) is 10.0. The average Bonchev–Trinajstić information content (AvgIpc) is 2.67. The van der Waals surface area contributed by atoms with E-state index >= 15 is 0 Å². The monoisotopic (exact) mass is 388 g/mol. The van der Waals surface area contributed by atoms with Crippen molar-refractivity contribution >= 4 is 10.9 Å². The van der Waals surface area contributed by atoms with Crippen LogP contribution in [0, 0.1) is 0 Å². The lowest BCUT2D eigenvalue weighted by Crippen LogP contribution is -2.50. The Morgan fingerprint density at radius 2 is 1.79 bits per heavy atom. The van der Waals surface area contributed by atoms with Crippen molar-refractivity contribution in [3.8, 4) is 0 Å². The highest BCUT2D eigenvalue weighted by Crippen LogP contribution is 2.09. The van der Waals surface area contributed by atoms with Crippen LogP contribution in [0.2, 0.25) is 0 Å². The van der Waals surface area contributed by atoms with Crippen LogP contribution in [0.4, 0.5) is 0 Å². The van der Waals surface area contributed by atoms with E-state index in [0.29, 0.717) is 25.1 Å². The molecule has 2 aromatic rings. The van der Waals surface area contributed by atoms with Crippen molar-refractivity contribution in [2.75, 3.05) is 45.9 Å². The number of aromatic nitrogens is 2. The lowest BCUT2D eigenvalue weighted by molar-refractivity contribution is -0.0586. The number of hydrogen-bond donors (Lipinski definition) is 1. The van der Waals surface area contributed by atoms with E-state index in [1.54, 1.807) is 10.9 Å². The number of fused-ring (bicyclic) bond motifs is 1. The van der Waals surface area contributed by atoms with Gasteiger partial charge in [-0.05, 0) is 32.9 Å². The Kier molecular flexibility index (Phi) is 6.82. The Bertz CT molecular complexity index is 822. The smallest absolute Gasteiger partial charge is 0.261 e. The molecule has 3 rings (SSSR count). The molecule has 0 radical (unpaired) electrons. The maximum atomic E-state index is 12.6. The van der Waals surface area contributed by atoms with Crippen molar-refractivity contribution in [3.63, 3.8) is 0 Å². The Hall–Kier alpha value is -1.80. The number of hydrogen-bond acceptors (Lipinski definition) is 6. The molecule has 1 N–H and O–H groups in total. The Morgan fingerprint density at radius 1 is 1.11 bits per heavy atom. The Morgan fingerprint density at radius 3 is 2.50 bits per heavy atom. The largest absolute Gasteiger partial charge is 0.389 e. The molecule has 0 bridgehead atoms. The predicted molar refractivity (Wildman–Crippen MR) is 111 cm³/mol. The van der Waals surface area contributed by atoms with E-state index in [1.165, 1.54) is 0 Å². The number of aliphatic hydroxyl groups is 1. The summed E-state index contributed by atoms with van der Waals surface area (Å²) in [7, 11) is 0. The van der Waals surface area contributed by atoms with Crippen molar-refractivity contribution in [3.05, 3.63) is 40.9 Å². The Labute approximate surface area is 166 Å². The van der Waals surface area contributed by atoms with Crippen molar-refractivity contribution < 1.29 is 9.84 Å². The molecule has 2 heterocycles. The molecule has 28 heavy (non-hydrogen) atoms. The number of benzene rings is 1. The maximum absolute atomic E-state index is 12.6. The second kappa shape index (κ2) is 9.13. The number of aliphatic hydroxyl groups excluding tert-OH is 1. The van der Waals surface area contributed by atoms with Gasteiger partial charge >= 0.3 is 0 Å². The molecule has 1 fully saturated rings. The number of para-hydroxylation sites is 1. The molecular formula is C21H32N4O3. The summed E-state index contributed by atoms with van der Waals surface area (Å²) in [5.74, 6) is 0. The second-order valence-electron chi connectivity index (χ2n) is 8.48. The SMILES string of the molecule is CC(C)(C)OCC(O)CN1CCN(CCn2cnc3ccccc3c2=O)CC1. The lowest BCUT2D eigenvalue weighted by atomic mass is 10.2. The van der Waals surface area contributed by atoms with E-state index in [2.05, 4.69) is 14.8 Å². The molecule has 1 unspecified atom stereocenters. The number of piperazine rings is 1. The van der Waals surface area contributed by atoms with Gasteiger partial charge in [-0.15, -0.1) is 0 Å². The molecular weight excluding hydrogens is 356 g/mol. The normalized spacial score (nSPS) is 17.9. The Balaban J connectivity index is 1.44. The van der Waals surface area contributed by atoms with Crippen LogP contribution in [0.25, 0.3) is 10.9 Å². The minimum absolute atomic E-state index is 0.0196. The van der Waals surface area contributed by atoms with Crippen LogP contribution >= 0.6 is 0 Å². The van der Waals surface area contributed by atoms with Gasteiger partial charge in [-0.2, -0.15) is 0 Å². The summed E-state index contributed by atoms with van der Waals surface area (Å²) >= 11 is 0. The molecule has 7 heteroatoms. The van der Waals surface area contributed by atoms with Gasteiger partial charge in [0.15, 0.2) is 0 Å². The number of rotatable bonds is 7. The summed E-state index contributed by atoms with van der Waals surface area (Å²) in [5, 5.41) is 10.8. The summed E-state index contributed by atoms with van der Waals surface area (Å²) in [5.41, 5.74) is 0.535.